The SMILES string of the molecule is COC(=O)C1CCC(c2nc(C3Cc4cccc(Cl)c4N3)c3c(N)nc(C)nn23)CC1. The van der Waals surface area contributed by atoms with Gasteiger partial charge >= 0.3 is 5.97 Å². The number of nitrogen functional groups attached to an aromatic ring is 1. The molecule has 3 N–H and O–H groups in total. The summed E-state index contributed by atoms with van der Waals surface area (Å²) in [6, 6.07) is 5.86. The highest BCUT2D eigenvalue weighted by Gasteiger charge is 2.34. The standard InChI is InChI=1S/C22H25ClN6O2/c1-11-25-20(24)19-18(16-10-14-4-3-5-15(23)17(14)26-16)27-21(29(19)28-11)12-6-8-13(9-7-12)22(30)31-2/h3-5,12-13,16,26H,6-10H2,1-2H3,(H2,24,25,28). The van der Waals surface area contributed by atoms with Crippen LogP contribution in [-0.2, 0) is 16.0 Å². The quantitative estimate of drug-likeness (QED) is 0.596. The number of hydrogen-bond donors (Lipinski definition) is 2. The van der Waals surface area contributed by atoms with E-state index in [1.807, 2.05) is 23.6 Å². The van der Waals surface area contributed by atoms with Crippen molar-refractivity contribution in [1.82, 2.24) is 19.6 Å². The number of carbonyl (C=O) groups excluding carboxylic acids is 1. The summed E-state index contributed by atoms with van der Waals surface area (Å²) in [6.07, 6.45) is 4.04. The topological polar surface area (TPSA) is 107 Å². The molecule has 0 radical (unpaired) electrons. The molecule has 162 valence electrons. The number of aryl methyl sites for hydroxylation is 1. The summed E-state index contributed by atoms with van der Waals surface area (Å²) in [4.78, 5) is 21.4. The summed E-state index contributed by atoms with van der Waals surface area (Å²) in [5.74, 6) is 1.94. The Bertz CT molecular complexity index is 1170. The maximum Gasteiger partial charge on any atom is 0.308 e. The van der Waals surface area contributed by atoms with Gasteiger partial charge in [-0.1, -0.05) is 23.7 Å². The lowest BCUT2D eigenvalue weighted by Crippen LogP contribution is -2.23. The molecule has 1 saturated carbocycles. The normalized spacial score (nSPS) is 22.9. The minimum Gasteiger partial charge on any atom is -0.469 e. The number of para-hydroxylation sites is 1. The summed E-state index contributed by atoms with van der Waals surface area (Å²) < 4.78 is 6.79. The molecule has 0 amide bonds. The Morgan fingerprint density at radius 2 is 2.03 bits per heavy atom. The molecule has 0 saturated heterocycles. The molecular weight excluding hydrogens is 416 g/mol. The van der Waals surface area contributed by atoms with E-state index in [1.165, 1.54) is 7.11 Å². The second-order valence-electron chi connectivity index (χ2n) is 8.41. The molecule has 1 aromatic carbocycles. The Hall–Kier alpha value is -2.87. The Labute approximate surface area is 185 Å². The van der Waals surface area contributed by atoms with Crippen molar-refractivity contribution in [1.29, 1.82) is 0 Å². The van der Waals surface area contributed by atoms with Crippen LogP contribution in [0.5, 0.6) is 0 Å². The van der Waals surface area contributed by atoms with Gasteiger partial charge in [0.2, 0.25) is 0 Å². The number of aromatic nitrogens is 4. The largest absolute Gasteiger partial charge is 0.469 e. The molecular formula is C22H25ClN6O2. The third kappa shape index (κ3) is 3.39. The fourth-order valence-electron chi connectivity index (χ4n) is 4.95. The van der Waals surface area contributed by atoms with Crippen molar-refractivity contribution >= 4 is 34.6 Å². The van der Waals surface area contributed by atoms with E-state index in [4.69, 9.17) is 27.1 Å². The molecule has 0 bridgehead atoms. The number of benzene rings is 1. The summed E-state index contributed by atoms with van der Waals surface area (Å²) in [6.45, 7) is 1.83. The number of nitrogens with zero attached hydrogens (tertiary/aromatic N) is 4. The van der Waals surface area contributed by atoms with Crippen molar-refractivity contribution in [2.24, 2.45) is 5.92 Å². The Morgan fingerprint density at radius 1 is 1.26 bits per heavy atom. The number of carbonyl (C=O) groups is 1. The lowest BCUT2D eigenvalue weighted by molar-refractivity contribution is -0.146. The van der Waals surface area contributed by atoms with Gasteiger partial charge in [0.05, 0.1) is 35.5 Å². The zero-order chi connectivity index (χ0) is 21.7. The minimum atomic E-state index is -0.126. The average molecular weight is 441 g/mol. The molecule has 5 rings (SSSR count). The van der Waals surface area contributed by atoms with Crippen LogP contribution in [0.1, 0.15) is 60.5 Å². The summed E-state index contributed by atoms with van der Waals surface area (Å²) in [7, 11) is 1.45. The van der Waals surface area contributed by atoms with Crippen LogP contribution in [0.15, 0.2) is 18.2 Å². The summed E-state index contributed by atoms with van der Waals surface area (Å²) in [5.41, 5.74) is 10.1. The van der Waals surface area contributed by atoms with E-state index in [-0.39, 0.29) is 23.8 Å². The number of anilines is 2. The number of ether oxygens (including phenoxy) is 1. The lowest BCUT2D eigenvalue weighted by atomic mass is 9.81. The van der Waals surface area contributed by atoms with Crippen LogP contribution in [-0.4, -0.2) is 32.7 Å². The number of imidazole rings is 1. The first-order chi connectivity index (χ1) is 15.0. The monoisotopic (exact) mass is 440 g/mol. The van der Waals surface area contributed by atoms with Gasteiger partial charge in [0.1, 0.15) is 17.2 Å². The van der Waals surface area contributed by atoms with Crippen LogP contribution in [0.4, 0.5) is 11.5 Å². The van der Waals surface area contributed by atoms with Gasteiger partial charge in [0, 0.05) is 12.3 Å². The number of hydrogen-bond acceptors (Lipinski definition) is 7. The van der Waals surface area contributed by atoms with E-state index in [0.717, 1.165) is 60.4 Å². The predicted octanol–water partition coefficient (Wildman–Crippen LogP) is 3.82. The number of halogens is 1. The maximum atomic E-state index is 11.9. The first-order valence-corrected chi connectivity index (χ1v) is 11.0. The van der Waals surface area contributed by atoms with Gasteiger partial charge in [-0.2, -0.15) is 5.10 Å². The van der Waals surface area contributed by atoms with Crippen LogP contribution in [0.3, 0.4) is 0 Å². The van der Waals surface area contributed by atoms with E-state index < -0.39 is 0 Å². The zero-order valence-electron chi connectivity index (χ0n) is 17.6. The van der Waals surface area contributed by atoms with Crippen molar-refractivity contribution in [3.05, 3.63) is 46.1 Å². The fourth-order valence-corrected chi connectivity index (χ4v) is 5.20. The smallest absolute Gasteiger partial charge is 0.308 e. The van der Waals surface area contributed by atoms with E-state index in [2.05, 4.69) is 21.5 Å². The molecule has 1 unspecified atom stereocenters. The molecule has 3 aromatic rings. The number of methoxy groups -OCH3 is 1. The molecule has 1 atom stereocenters. The van der Waals surface area contributed by atoms with Crippen LogP contribution >= 0.6 is 11.6 Å². The molecule has 2 aliphatic rings. The van der Waals surface area contributed by atoms with Gasteiger partial charge in [-0.25, -0.2) is 14.5 Å². The zero-order valence-corrected chi connectivity index (χ0v) is 18.3. The van der Waals surface area contributed by atoms with Crippen molar-refractivity contribution in [3.8, 4) is 0 Å². The van der Waals surface area contributed by atoms with Gasteiger partial charge < -0.3 is 15.8 Å². The van der Waals surface area contributed by atoms with Crippen molar-refractivity contribution in [2.45, 2.75) is 51.0 Å². The Balaban J connectivity index is 1.53. The number of nitrogens with two attached hydrogens (primary N) is 1. The molecule has 0 spiro atoms. The molecule has 1 aliphatic heterocycles. The van der Waals surface area contributed by atoms with Crippen molar-refractivity contribution < 1.29 is 9.53 Å². The van der Waals surface area contributed by atoms with E-state index in [0.29, 0.717) is 16.7 Å². The number of nitrogens with one attached hydrogen (secondary N) is 1. The second-order valence-corrected chi connectivity index (χ2v) is 8.81. The van der Waals surface area contributed by atoms with Crippen LogP contribution in [0.2, 0.25) is 5.02 Å². The summed E-state index contributed by atoms with van der Waals surface area (Å²) >= 11 is 6.40. The second kappa shape index (κ2) is 7.67. The van der Waals surface area contributed by atoms with Gasteiger partial charge in [0.15, 0.2) is 5.82 Å². The van der Waals surface area contributed by atoms with Crippen molar-refractivity contribution in [2.75, 3.05) is 18.2 Å². The number of esters is 1. The van der Waals surface area contributed by atoms with Gasteiger partial charge in [-0.05, 0) is 44.2 Å². The fraction of sp³-hybridized carbons (Fsp3) is 0.455. The highest BCUT2D eigenvalue weighted by atomic mass is 35.5. The van der Waals surface area contributed by atoms with Gasteiger partial charge in [-0.15, -0.1) is 0 Å². The van der Waals surface area contributed by atoms with Gasteiger partial charge in [0.25, 0.3) is 0 Å². The van der Waals surface area contributed by atoms with E-state index in [9.17, 15) is 4.79 Å². The maximum absolute atomic E-state index is 11.9. The van der Waals surface area contributed by atoms with E-state index in [1.54, 1.807) is 0 Å². The third-order valence-electron chi connectivity index (χ3n) is 6.48. The highest BCUT2D eigenvalue weighted by molar-refractivity contribution is 6.33. The van der Waals surface area contributed by atoms with E-state index >= 15 is 0 Å². The highest BCUT2D eigenvalue weighted by Crippen LogP contribution is 2.42. The molecule has 3 heterocycles. The predicted molar refractivity (Wildman–Crippen MR) is 118 cm³/mol. The minimum absolute atomic E-state index is 0.0403. The number of fused-ring (bicyclic) bond motifs is 2. The molecule has 1 aliphatic carbocycles. The lowest BCUT2D eigenvalue weighted by Gasteiger charge is -2.25. The van der Waals surface area contributed by atoms with Crippen molar-refractivity contribution in [3.63, 3.8) is 0 Å². The molecule has 2 aromatic heterocycles. The molecule has 31 heavy (non-hydrogen) atoms. The van der Waals surface area contributed by atoms with Crippen LogP contribution < -0.4 is 11.1 Å². The van der Waals surface area contributed by atoms with Crippen LogP contribution in [0, 0.1) is 12.8 Å². The summed E-state index contributed by atoms with van der Waals surface area (Å²) in [5, 5.41) is 8.88. The third-order valence-corrected chi connectivity index (χ3v) is 6.79. The molecule has 1 fully saturated rings. The first kappa shape index (κ1) is 20.1. The van der Waals surface area contributed by atoms with Gasteiger partial charge in [-0.3, -0.25) is 4.79 Å². The van der Waals surface area contributed by atoms with Crippen LogP contribution in [0.25, 0.3) is 5.52 Å². The average Bonchev–Trinajstić information content (AvgIpc) is 3.36. The molecule has 9 heteroatoms. The Kier molecular flexibility index (Phi) is 4.97. The Morgan fingerprint density at radius 3 is 2.74 bits per heavy atom. The first-order valence-electron chi connectivity index (χ1n) is 10.6. The molecule has 8 nitrogen and oxygen atoms in total. The number of rotatable bonds is 3.